The van der Waals surface area contributed by atoms with Crippen LogP contribution in [-0.2, 0) is 0 Å². The van der Waals surface area contributed by atoms with Crippen molar-refractivity contribution in [2.75, 3.05) is 31.1 Å². The van der Waals surface area contributed by atoms with Crippen molar-refractivity contribution >= 4 is 40.7 Å². The Hall–Kier alpha value is -2.02. The van der Waals surface area contributed by atoms with E-state index in [0.717, 1.165) is 18.9 Å². The number of benzene rings is 1. The van der Waals surface area contributed by atoms with Crippen LogP contribution in [0.5, 0.6) is 0 Å². The van der Waals surface area contributed by atoms with E-state index >= 15 is 0 Å². The predicted octanol–water partition coefficient (Wildman–Crippen LogP) is 3.18. The SMILES string of the molecule is ONC(=Nc1ccc(Cl)cc1)N1CCN(c2ncccc2Cl)CC1. The third-order valence-corrected chi connectivity index (χ3v) is 4.33. The number of guanidine groups is 1. The van der Waals surface area contributed by atoms with Gasteiger partial charge in [0.1, 0.15) is 5.82 Å². The molecule has 0 unspecified atom stereocenters. The standard InChI is InChI=1S/C16H17Cl2N5O/c17-12-3-5-13(6-4-12)20-16(21-24)23-10-8-22(9-11-23)15-14(18)2-1-7-19-15/h1-7,24H,8-11H2,(H,20,21). The molecule has 2 heterocycles. The summed E-state index contributed by atoms with van der Waals surface area (Å²) in [6, 6.07) is 10.8. The van der Waals surface area contributed by atoms with Gasteiger partial charge >= 0.3 is 0 Å². The minimum atomic E-state index is 0.407. The number of piperazine rings is 1. The number of hydroxylamine groups is 1. The quantitative estimate of drug-likeness (QED) is 0.486. The van der Waals surface area contributed by atoms with E-state index in [-0.39, 0.29) is 0 Å². The maximum atomic E-state index is 9.43. The molecule has 0 aliphatic carbocycles. The molecule has 1 fully saturated rings. The van der Waals surface area contributed by atoms with Crippen LogP contribution < -0.4 is 10.4 Å². The fraction of sp³-hybridized carbons (Fsp3) is 0.250. The lowest BCUT2D eigenvalue weighted by Gasteiger charge is -2.36. The van der Waals surface area contributed by atoms with E-state index in [0.29, 0.717) is 34.8 Å². The van der Waals surface area contributed by atoms with Crippen LogP contribution in [0.15, 0.2) is 47.6 Å². The molecule has 8 heteroatoms. The topological polar surface area (TPSA) is 64.0 Å². The molecule has 1 aromatic carbocycles. The van der Waals surface area contributed by atoms with Gasteiger partial charge in [0.05, 0.1) is 10.7 Å². The number of halogens is 2. The van der Waals surface area contributed by atoms with E-state index in [1.54, 1.807) is 30.5 Å². The fourth-order valence-corrected chi connectivity index (χ4v) is 2.91. The molecule has 2 aromatic rings. The van der Waals surface area contributed by atoms with Gasteiger partial charge in [-0.05, 0) is 36.4 Å². The molecule has 126 valence electrons. The van der Waals surface area contributed by atoms with Crippen molar-refractivity contribution in [2.45, 2.75) is 0 Å². The number of aromatic nitrogens is 1. The summed E-state index contributed by atoms with van der Waals surface area (Å²) in [7, 11) is 0. The molecule has 2 N–H and O–H groups in total. The number of pyridine rings is 1. The van der Waals surface area contributed by atoms with Crippen LogP contribution >= 0.6 is 23.2 Å². The lowest BCUT2D eigenvalue weighted by atomic mass is 10.3. The van der Waals surface area contributed by atoms with Crippen molar-refractivity contribution in [2.24, 2.45) is 4.99 Å². The molecule has 0 bridgehead atoms. The van der Waals surface area contributed by atoms with Gasteiger partial charge < -0.3 is 9.80 Å². The van der Waals surface area contributed by atoms with Crippen molar-refractivity contribution < 1.29 is 5.21 Å². The first kappa shape index (κ1) is 16.8. The van der Waals surface area contributed by atoms with Crippen LogP contribution in [0.2, 0.25) is 10.0 Å². The van der Waals surface area contributed by atoms with Gasteiger partial charge in [0.2, 0.25) is 5.96 Å². The third kappa shape index (κ3) is 3.90. The minimum Gasteiger partial charge on any atom is -0.352 e. The van der Waals surface area contributed by atoms with E-state index in [2.05, 4.69) is 20.4 Å². The Morgan fingerprint density at radius 2 is 1.79 bits per heavy atom. The van der Waals surface area contributed by atoms with E-state index in [9.17, 15) is 5.21 Å². The summed E-state index contributed by atoms with van der Waals surface area (Å²) in [5, 5.41) is 10.7. The molecule has 6 nitrogen and oxygen atoms in total. The second-order valence-corrected chi connectivity index (χ2v) is 6.15. The zero-order valence-electron chi connectivity index (χ0n) is 12.9. The third-order valence-electron chi connectivity index (χ3n) is 3.78. The summed E-state index contributed by atoms with van der Waals surface area (Å²) in [5.41, 5.74) is 2.90. The van der Waals surface area contributed by atoms with Crippen LogP contribution in [0.3, 0.4) is 0 Å². The van der Waals surface area contributed by atoms with E-state index < -0.39 is 0 Å². The average molecular weight is 366 g/mol. The summed E-state index contributed by atoms with van der Waals surface area (Å²) in [4.78, 5) is 12.9. The Balaban J connectivity index is 1.68. The Morgan fingerprint density at radius 1 is 1.08 bits per heavy atom. The van der Waals surface area contributed by atoms with Gasteiger partial charge in [-0.15, -0.1) is 0 Å². The second-order valence-electron chi connectivity index (χ2n) is 5.31. The van der Waals surface area contributed by atoms with Crippen LogP contribution in [0.25, 0.3) is 0 Å². The number of aliphatic imine (C=N–C) groups is 1. The molecule has 0 amide bonds. The zero-order chi connectivity index (χ0) is 16.9. The fourth-order valence-electron chi connectivity index (χ4n) is 2.54. The summed E-state index contributed by atoms with van der Waals surface area (Å²) in [5.74, 6) is 1.19. The second kappa shape index (κ2) is 7.70. The molecule has 0 saturated carbocycles. The van der Waals surface area contributed by atoms with Crippen molar-refractivity contribution in [1.82, 2.24) is 15.4 Å². The van der Waals surface area contributed by atoms with E-state index in [4.69, 9.17) is 23.2 Å². The highest BCUT2D eigenvalue weighted by Crippen LogP contribution is 2.23. The molecule has 3 rings (SSSR count). The van der Waals surface area contributed by atoms with E-state index in [1.807, 2.05) is 17.0 Å². The molecule has 1 aromatic heterocycles. The van der Waals surface area contributed by atoms with Gasteiger partial charge in [0.15, 0.2) is 0 Å². The van der Waals surface area contributed by atoms with Crippen molar-refractivity contribution in [1.29, 1.82) is 0 Å². The van der Waals surface area contributed by atoms with Crippen LogP contribution in [0.4, 0.5) is 11.5 Å². The van der Waals surface area contributed by atoms with Gasteiger partial charge in [-0.25, -0.2) is 15.5 Å². The summed E-state index contributed by atoms with van der Waals surface area (Å²) >= 11 is 12.1. The smallest absolute Gasteiger partial charge is 0.223 e. The highest BCUT2D eigenvalue weighted by molar-refractivity contribution is 6.32. The molecular weight excluding hydrogens is 349 g/mol. The number of hydrogen-bond acceptors (Lipinski definition) is 4. The van der Waals surface area contributed by atoms with Gasteiger partial charge in [-0.1, -0.05) is 23.2 Å². The van der Waals surface area contributed by atoms with Crippen molar-refractivity contribution in [3.8, 4) is 0 Å². The maximum Gasteiger partial charge on any atom is 0.223 e. The van der Waals surface area contributed by atoms with Gasteiger partial charge in [0, 0.05) is 37.4 Å². The maximum absolute atomic E-state index is 9.43. The lowest BCUT2D eigenvalue weighted by Crippen LogP contribution is -2.52. The first-order valence-corrected chi connectivity index (χ1v) is 8.28. The average Bonchev–Trinajstić information content (AvgIpc) is 2.62. The Morgan fingerprint density at radius 3 is 2.42 bits per heavy atom. The van der Waals surface area contributed by atoms with Crippen LogP contribution in [-0.4, -0.2) is 47.2 Å². The predicted molar refractivity (Wildman–Crippen MR) is 96.5 cm³/mol. The van der Waals surface area contributed by atoms with Crippen LogP contribution in [0.1, 0.15) is 0 Å². The number of hydrogen-bond donors (Lipinski definition) is 2. The van der Waals surface area contributed by atoms with Gasteiger partial charge in [-0.2, -0.15) is 0 Å². The minimum absolute atomic E-state index is 0.407. The molecule has 0 spiro atoms. The normalized spacial score (nSPS) is 15.5. The molecule has 24 heavy (non-hydrogen) atoms. The molecule has 1 aliphatic rings. The molecule has 1 saturated heterocycles. The first-order chi connectivity index (χ1) is 11.7. The van der Waals surface area contributed by atoms with Crippen LogP contribution in [0, 0.1) is 0 Å². The van der Waals surface area contributed by atoms with Crippen molar-refractivity contribution in [3.05, 3.63) is 52.6 Å². The van der Waals surface area contributed by atoms with Gasteiger partial charge in [0.25, 0.3) is 0 Å². The highest BCUT2D eigenvalue weighted by atomic mass is 35.5. The lowest BCUT2D eigenvalue weighted by molar-refractivity contribution is 0.207. The molecular formula is C16H17Cl2N5O. The number of anilines is 1. The Kier molecular flexibility index (Phi) is 5.40. The van der Waals surface area contributed by atoms with E-state index in [1.165, 1.54) is 0 Å². The number of rotatable bonds is 2. The van der Waals surface area contributed by atoms with Gasteiger partial charge in [-0.3, -0.25) is 5.21 Å². The van der Waals surface area contributed by atoms with Crippen molar-refractivity contribution in [3.63, 3.8) is 0 Å². The number of nitrogens with zero attached hydrogens (tertiary/aromatic N) is 4. The summed E-state index contributed by atoms with van der Waals surface area (Å²) in [6.45, 7) is 2.84. The first-order valence-electron chi connectivity index (χ1n) is 7.52. The monoisotopic (exact) mass is 365 g/mol. The largest absolute Gasteiger partial charge is 0.352 e. The highest BCUT2D eigenvalue weighted by Gasteiger charge is 2.22. The number of nitrogens with one attached hydrogen (secondary N) is 1. The summed E-state index contributed by atoms with van der Waals surface area (Å²) in [6.07, 6.45) is 1.73. The molecule has 0 atom stereocenters. The summed E-state index contributed by atoms with van der Waals surface area (Å²) < 4.78 is 0. The Bertz CT molecular complexity index is 715. The zero-order valence-corrected chi connectivity index (χ0v) is 14.4. The Labute approximate surface area is 150 Å². The molecule has 0 radical (unpaired) electrons. The molecule has 1 aliphatic heterocycles.